The predicted octanol–water partition coefficient (Wildman–Crippen LogP) is 3.28. The molecule has 0 bridgehead atoms. The molecule has 1 fully saturated rings. The van der Waals surface area contributed by atoms with Crippen molar-refractivity contribution in [1.82, 2.24) is 0 Å². The molecule has 1 heterocycles. The van der Waals surface area contributed by atoms with E-state index in [-0.39, 0.29) is 19.2 Å². The molecule has 0 aromatic heterocycles. The Hall–Kier alpha value is -0.690. The molecule has 2 N–H and O–H groups in total. The van der Waals surface area contributed by atoms with Crippen LogP contribution in [0, 0.1) is 0 Å². The zero-order valence-corrected chi connectivity index (χ0v) is 15.7. The quantitative estimate of drug-likeness (QED) is 0.179. The number of hydrogen-bond acceptors (Lipinski definition) is 6. The topological polar surface area (TPSA) is 88.5 Å². The molecule has 2 atom stereocenters. The molecule has 0 aromatic carbocycles. The normalized spacial score (nSPS) is 20.4. The molecule has 0 radical (unpaired) electrons. The van der Waals surface area contributed by atoms with Gasteiger partial charge in [0.1, 0.15) is 12.7 Å². The number of aliphatic hydroxyl groups excluding tert-OH is 2. The summed E-state index contributed by atoms with van der Waals surface area (Å²) in [6, 6.07) is 0. The van der Waals surface area contributed by atoms with E-state index in [1.165, 1.54) is 51.4 Å². The second-order valence-electron chi connectivity index (χ2n) is 6.88. The van der Waals surface area contributed by atoms with Gasteiger partial charge in [-0.25, -0.2) is 0 Å². The van der Waals surface area contributed by atoms with Gasteiger partial charge in [0.15, 0.2) is 0 Å². The fraction of sp³-hybridized carbons (Fsp3) is 0.947. The van der Waals surface area contributed by atoms with Gasteiger partial charge < -0.3 is 24.4 Å². The Kier molecular flexibility index (Phi) is 12.1. The van der Waals surface area contributed by atoms with Crippen LogP contribution < -0.4 is 0 Å². The molecular weight excluding hydrogens is 324 g/mol. The van der Waals surface area contributed by atoms with E-state index in [0.29, 0.717) is 6.42 Å². The van der Waals surface area contributed by atoms with Crippen LogP contribution in [0.1, 0.15) is 84.0 Å². The summed E-state index contributed by atoms with van der Waals surface area (Å²) in [5.41, 5.74) is 0. The molecule has 1 aliphatic rings. The largest absolute Gasteiger partial charge is 0.406 e. The minimum atomic E-state index is -1.33. The molecule has 25 heavy (non-hydrogen) atoms. The van der Waals surface area contributed by atoms with Gasteiger partial charge in [0.25, 0.3) is 0 Å². The molecular formula is C19H36O6. The van der Waals surface area contributed by atoms with E-state index >= 15 is 0 Å². The van der Waals surface area contributed by atoms with Crippen molar-refractivity contribution in [3.8, 4) is 0 Å². The number of hydrogen-bond donors (Lipinski definition) is 2. The third-order valence-corrected chi connectivity index (χ3v) is 4.34. The Morgan fingerprint density at radius 1 is 1.04 bits per heavy atom. The van der Waals surface area contributed by atoms with Crippen LogP contribution in [0.25, 0.3) is 0 Å². The first-order valence-electron chi connectivity index (χ1n) is 9.90. The number of aliphatic hydroxyl groups is 2. The molecule has 148 valence electrons. The lowest BCUT2D eigenvalue weighted by molar-refractivity contribution is -0.233. The van der Waals surface area contributed by atoms with Crippen LogP contribution in [0.5, 0.6) is 0 Å². The maximum absolute atomic E-state index is 11.8. The van der Waals surface area contributed by atoms with Gasteiger partial charge in [-0.3, -0.25) is 4.79 Å². The second kappa shape index (κ2) is 13.5. The summed E-state index contributed by atoms with van der Waals surface area (Å²) in [6.07, 6.45) is 12.9. The molecule has 0 saturated carbocycles. The van der Waals surface area contributed by atoms with E-state index in [1.54, 1.807) is 0 Å². The summed E-state index contributed by atoms with van der Waals surface area (Å²) in [5, 5.41) is 18.0. The highest BCUT2D eigenvalue weighted by molar-refractivity contribution is 5.69. The third kappa shape index (κ3) is 11.5. The minimum absolute atomic E-state index is 0.123. The average Bonchev–Trinajstić information content (AvgIpc) is 3.37. The fourth-order valence-corrected chi connectivity index (χ4v) is 2.66. The Bertz CT molecular complexity index is 343. The van der Waals surface area contributed by atoms with Crippen LogP contribution in [-0.4, -0.2) is 48.1 Å². The van der Waals surface area contributed by atoms with Crippen LogP contribution in [0.3, 0.4) is 0 Å². The highest BCUT2D eigenvalue weighted by atomic mass is 16.9. The van der Waals surface area contributed by atoms with Gasteiger partial charge in [0, 0.05) is 6.42 Å². The fourth-order valence-electron chi connectivity index (χ4n) is 2.66. The molecule has 0 aromatic rings. The summed E-state index contributed by atoms with van der Waals surface area (Å²) in [4.78, 5) is 11.8. The van der Waals surface area contributed by atoms with Gasteiger partial charge in [0.2, 0.25) is 0 Å². The average molecular weight is 360 g/mol. The van der Waals surface area contributed by atoms with Crippen LogP contribution >= 0.6 is 0 Å². The SMILES string of the molecule is CCCCCCCCCCCCCC(=O)OC1(OCC(O)CO)CO1. The van der Waals surface area contributed by atoms with Crippen molar-refractivity contribution in [1.29, 1.82) is 0 Å². The Balaban J connectivity index is 1.90. The number of carbonyl (C=O) groups is 1. The lowest BCUT2D eigenvalue weighted by atomic mass is 10.1. The number of epoxide rings is 1. The van der Waals surface area contributed by atoms with E-state index in [1.807, 2.05) is 0 Å². The highest BCUT2D eigenvalue weighted by Crippen LogP contribution is 2.30. The lowest BCUT2D eigenvalue weighted by Gasteiger charge is -2.15. The Morgan fingerprint density at radius 2 is 1.56 bits per heavy atom. The summed E-state index contributed by atoms with van der Waals surface area (Å²) in [6.45, 7) is 1.89. The number of rotatable bonds is 17. The first-order valence-corrected chi connectivity index (χ1v) is 9.90. The van der Waals surface area contributed by atoms with Crippen molar-refractivity contribution in [3.63, 3.8) is 0 Å². The minimum Gasteiger partial charge on any atom is -0.406 e. The number of unbranched alkanes of at least 4 members (excludes halogenated alkanes) is 10. The molecule has 1 rings (SSSR count). The third-order valence-electron chi connectivity index (χ3n) is 4.34. The molecule has 1 aliphatic heterocycles. The van der Waals surface area contributed by atoms with Crippen molar-refractivity contribution in [2.24, 2.45) is 0 Å². The van der Waals surface area contributed by atoms with Crippen molar-refractivity contribution in [2.75, 3.05) is 19.8 Å². The van der Waals surface area contributed by atoms with Gasteiger partial charge in [-0.15, -0.1) is 0 Å². The van der Waals surface area contributed by atoms with Crippen LogP contribution in [0.15, 0.2) is 0 Å². The molecule has 0 aliphatic carbocycles. The summed E-state index contributed by atoms with van der Waals surface area (Å²) in [7, 11) is 0. The Labute approximate surface area is 151 Å². The summed E-state index contributed by atoms with van der Waals surface area (Å²) < 4.78 is 15.4. The molecule has 1 saturated heterocycles. The first-order chi connectivity index (χ1) is 12.1. The number of ether oxygens (including phenoxy) is 3. The van der Waals surface area contributed by atoms with E-state index in [0.717, 1.165) is 19.3 Å². The lowest BCUT2D eigenvalue weighted by Crippen LogP contribution is -2.30. The van der Waals surface area contributed by atoms with E-state index in [9.17, 15) is 9.90 Å². The monoisotopic (exact) mass is 360 g/mol. The molecule has 0 amide bonds. The maximum atomic E-state index is 11.8. The predicted molar refractivity (Wildman–Crippen MR) is 94.9 cm³/mol. The summed E-state index contributed by atoms with van der Waals surface area (Å²) >= 11 is 0. The maximum Gasteiger partial charge on any atom is 0.354 e. The first kappa shape index (κ1) is 22.4. The second-order valence-corrected chi connectivity index (χ2v) is 6.88. The van der Waals surface area contributed by atoms with E-state index < -0.39 is 18.7 Å². The molecule has 6 heteroatoms. The van der Waals surface area contributed by atoms with Crippen LogP contribution in [0.2, 0.25) is 0 Å². The van der Waals surface area contributed by atoms with Crippen LogP contribution in [-0.2, 0) is 19.0 Å². The van der Waals surface area contributed by atoms with Gasteiger partial charge >= 0.3 is 11.9 Å². The van der Waals surface area contributed by atoms with E-state index in [4.69, 9.17) is 19.3 Å². The van der Waals surface area contributed by atoms with Gasteiger partial charge in [-0.05, 0) is 6.42 Å². The van der Waals surface area contributed by atoms with Crippen molar-refractivity contribution < 1.29 is 29.2 Å². The zero-order valence-electron chi connectivity index (χ0n) is 15.7. The zero-order chi connectivity index (χ0) is 18.4. The summed E-state index contributed by atoms with van der Waals surface area (Å²) in [5.74, 6) is -1.67. The van der Waals surface area contributed by atoms with Gasteiger partial charge in [-0.1, -0.05) is 71.1 Å². The molecule has 2 unspecified atom stereocenters. The van der Waals surface area contributed by atoms with Gasteiger partial charge in [0.05, 0.1) is 13.2 Å². The Morgan fingerprint density at radius 3 is 2.04 bits per heavy atom. The number of carbonyl (C=O) groups excluding carboxylic acids is 1. The van der Waals surface area contributed by atoms with Crippen LogP contribution in [0.4, 0.5) is 0 Å². The number of esters is 1. The molecule has 0 spiro atoms. The highest BCUT2D eigenvalue weighted by Gasteiger charge is 2.51. The van der Waals surface area contributed by atoms with E-state index in [2.05, 4.69) is 6.92 Å². The standard InChI is InChI=1S/C19H36O6/c1-2-3-4-5-6-7-8-9-10-11-12-13-18(22)25-19(16-24-19)23-15-17(21)14-20/h17,20-21H,2-16H2,1H3. The van der Waals surface area contributed by atoms with Crippen molar-refractivity contribution >= 4 is 5.97 Å². The molecule has 6 nitrogen and oxygen atoms in total. The smallest absolute Gasteiger partial charge is 0.354 e. The van der Waals surface area contributed by atoms with Crippen molar-refractivity contribution in [2.45, 2.75) is 96.1 Å². The van der Waals surface area contributed by atoms with Gasteiger partial charge in [-0.2, -0.15) is 0 Å². The van der Waals surface area contributed by atoms with Crippen molar-refractivity contribution in [3.05, 3.63) is 0 Å².